The normalized spacial score (nSPS) is 33.2. The number of carbonyl (C=O) groups excluding carboxylic acids is 1. The molecule has 0 saturated carbocycles. The van der Waals surface area contributed by atoms with Crippen molar-refractivity contribution in [2.75, 3.05) is 7.05 Å². The molecule has 0 spiro atoms. The Morgan fingerprint density at radius 2 is 1.94 bits per heavy atom. The van der Waals surface area contributed by atoms with Crippen LogP contribution in [0.2, 0.25) is 0 Å². The molecule has 2 unspecified atom stereocenters. The fourth-order valence-electron chi connectivity index (χ4n) is 3.19. The van der Waals surface area contributed by atoms with Gasteiger partial charge in [0.2, 0.25) is 0 Å². The first kappa shape index (κ1) is 11.7. The molecular formula is C14H21NO. The Morgan fingerprint density at radius 3 is 2.50 bits per heavy atom. The van der Waals surface area contributed by atoms with Crippen molar-refractivity contribution in [3.05, 3.63) is 0 Å². The van der Waals surface area contributed by atoms with Crippen LogP contribution in [-0.4, -0.2) is 29.8 Å². The van der Waals surface area contributed by atoms with Gasteiger partial charge in [0.15, 0.2) is 0 Å². The summed E-state index contributed by atoms with van der Waals surface area (Å²) >= 11 is 0. The number of hydrogen-bond donors (Lipinski definition) is 0. The van der Waals surface area contributed by atoms with Gasteiger partial charge in [-0.05, 0) is 39.7 Å². The number of piperidine rings is 1. The van der Waals surface area contributed by atoms with E-state index in [-0.39, 0.29) is 0 Å². The second kappa shape index (κ2) is 5.01. The van der Waals surface area contributed by atoms with E-state index in [1.165, 1.54) is 12.8 Å². The fraction of sp³-hybridized carbons (Fsp3) is 0.786. The van der Waals surface area contributed by atoms with Gasteiger partial charge in [0.1, 0.15) is 5.78 Å². The number of Topliss-reactive ketones (excluding diaryl/α,β-unsaturated/α-hetero) is 1. The molecule has 0 radical (unpaired) electrons. The smallest absolute Gasteiger partial charge is 0.137 e. The van der Waals surface area contributed by atoms with E-state index in [0.29, 0.717) is 30.2 Å². The van der Waals surface area contributed by atoms with E-state index in [1.807, 2.05) is 6.92 Å². The highest BCUT2D eigenvalue weighted by Crippen LogP contribution is 2.38. The predicted octanol–water partition coefficient (Wildman–Crippen LogP) is 2.23. The Hall–Kier alpha value is -0.810. The predicted molar refractivity (Wildman–Crippen MR) is 65.0 cm³/mol. The van der Waals surface area contributed by atoms with Crippen LogP contribution < -0.4 is 0 Å². The molecule has 2 aliphatic heterocycles. The number of ketones is 1. The van der Waals surface area contributed by atoms with Crippen LogP contribution in [0.3, 0.4) is 0 Å². The van der Waals surface area contributed by atoms with Gasteiger partial charge in [-0.2, -0.15) is 0 Å². The summed E-state index contributed by atoms with van der Waals surface area (Å²) in [7, 11) is 2.21. The fourth-order valence-corrected chi connectivity index (χ4v) is 3.19. The molecule has 2 fully saturated rings. The molecule has 2 atom stereocenters. The molecule has 88 valence electrons. The molecule has 2 aliphatic rings. The topological polar surface area (TPSA) is 20.3 Å². The average Bonchev–Trinajstić information content (AvgIpc) is 2.53. The molecule has 2 saturated heterocycles. The first-order valence-corrected chi connectivity index (χ1v) is 6.36. The van der Waals surface area contributed by atoms with Crippen LogP contribution in [-0.2, 0) is 4.79 Å². The van der Waals surface area contributed by atoms with Crippen LogP contribution in [0.25, 0.3) is 0 Å². The van der Waals surface area contributed by atoms with Crippen molar-refractivity contribution in [3.8, 4) is 11.8 Å². The first-order chi connectivity index (χ1) is 7.72. The summed E-state index contributed by atoms with van der Waals surface area (Å²) in [5.41, 5.74) is 0. The zero-order valence-electron chi connectivity index (χ0n) is 10.3. The highest BCUT2D eigenvalue weighted by atomic mass is 16.1. The number of fused-ring (bicyclic) bond motifs is 2. The van der Waals surface area contributed by atoms with Crippen molar-refractivity contribution in [3.63, 3.8) is 0 Å². The Morgan fingerprint density at radius 1 is 1.31 bits per heavy atom. The SMILES string of the molecule is CC#CCCC(=O)C1CC2CCC(C1)N2C. The lowest BCUT2D eigenvalue weighted by atomic mass is 9.86. The third kappa shape index (κ3) is 2.30. The minimum Gasteiger partial charge on any atom is -0.300 e. The van der Waals surface area contributed by atoms with Crippen molar-refractivity contribution in [2.45, 2.75) is 57.5 Å². The van der Waals surface area contributed by atoms with Gasteiger partial charge in [-0.25, -0.2) is 0 Å². The molecule has 0 aromatic heterocycles. The summed E-state index contributed by atoms with van der Waals surface area (Å²) in [5.74, 6) is 6.61. The molecule has 0 aliphatic carbocycles. The zero-order chi connectivity index (χ0) is 11.5. The quantitative estimate of drug-likeness (QED) is 0.678. The van der Waals surface area contributed by atoms with Gasteiger partial charge in [0.05, 0.1) is 0 Å². The maximum Gasteiger partial charge on any atom is 0.137 e. The van der Waals surface area contributed by atoms with E-state index >= 15 is 0 Å². The van der Waals surface area contributed by atoms with Gasteiger partial charge in [0, 0.05) is 30.8 Å². The second-order valence-corrected chi connectivity index (χ2v) is 5.11. The molecule has 0 N–H and O–H groups in total. The lowest BCUT2D eigenvalue weighted by Crippen LogP contribution is -2.42. The monoisotopic (exact) mass is 219 g/mol. The van der Waals surface area contributed by atoms with E-state index < -0.39 is 0 Å². The minimum atomic E-state index is 0.326. The van der Waals surface area contributed by atoms with Crippen LogP contribution in [0.1, 0.15) is 45.4 Å². The van der Waals surface area contributed by atoms with E-state index in [9.17, 15) is 4.79 Å². The molecule has 0 amide bonds. The van der Waals surface area contributed by atoms with Crippen LogP contribution >= 0.6 is 0 Å². The lowest BCUT2D eigenvalue weighted by molar-refractivity contribution is -0.124. The number of rotatable bonds is 3. The highest BCUT2D eigenvalue weighted by molar-refractivity contribution is 5.81. The molecule has 0 aromatic carbocycles. The van der Waals surface area contributed by atoms with Gasteiger partial charge in [-0.3, -0.25) is 4.79 Å². The Kier molecular flexibility index (Phi) is 3.66. The van der Waals surface area contributed by atoms with Crippen LogP contribution in [0.15, 0.2) is 0 Å². The summed E-state index contributed by atoms with van der Waals surface area (Å²) in [5, 5.41) is 0. The van der Waals surface area contributed by atoms with Crippen molar-refractivity contribution in [1.82, 2.24) is 4.90 Å². The Balaban J connectivity index is 1.87. The largest absolute Gasteiger partial charge is 0.300 e. The van der Waals surface area contributed by atoms with Gasteiger partial charge in [0.25, 0.3) is 0 Å². The molecule has 16 heavy (non-hydrogen) atoms. The molecule has 2 bridgehead atoms. The van der Waals surface area contributed by atoms with Crippen molar-refractivity contribution >= 4 is 5.78 Å². The second-order valence-electron chi connectivity index (χ2n) is 5.11. The lowest BCUT2D eigenvalue weighted by Gasteiger charge is -2.35. The van der Waals surface area contributed by atoms with Gasteiger partial charge < -0.3 is 4.90 Å². The summed E-state index contributed by atoms with van der Waals surface area (Å²) in [4.78, 5) is 14.5. The highest BCUT2D eigenvalue weighted by Gasteiger charge is 2.40. The standard InChI is InChI=1S/C14H21NO/c1-3-4-5-6-14(16)11-9-12-7-8-13(10-11)15(12)2/h11-13H,5-10H2,1-2H3. The van der Waals surface area contributed by atoms with Crippen molar-refractivity contribution in [1.29, 1.82) is 0 Å². The zero-order valence-corrected chi connectivity index (χ0v) is 10.3. The Labute approximate surface area is 98.4 Å². The van der Waals surface area contributed by atoms with Crippen molar-refractivity contribution < 1.29 is 4.79 Å². The molecule has 2 heterocycles. The molecule has 2 nitrogen and oxygen atoms in total. The third-order valence-corrected chi connectivity index (χ3v) is 4.23. The third-order valence-electron chi connectivity index (χ3n) is 4.23. The Bertz CT molecular complexity index is 311. The molecule has 2 rings (SSSR count). The van der Waals surface area contributed by atoms with E-state index in [1.54, 1.807) is 0 Å². The number of hydrogen-bond acceptors (Lipinski definition) is 2. The van der Waals surface area contributed by atoms with Crippen LogP contribution in [0.5, 0.6) is 0 Å². The van der Waals surface area contributed by atoms with Crippen LogP contribution in [0.4, 0.5) is 0 Å². The van der Waals surface area contributed by atoms with Gasteiger partial charge in [-0.1, -0.05) is 0 Å². The van der Waals surface area contributed by atoms with E-state index in [0.717, 1.165) is 19.3 Å². The average molecular weight is 219 g/mol. The van der Waals surface area contributed by atoms with Crippen molar-refractivity contribution in [2.24, 2.45) is 5.92 Å². The maximum absolute atomic E-state index is 12.0. The molecular weight excluding hydrogens is 198 g/mol. The molecule has 2 heteroatoms. The minimum absolute atomic E-state index is 0.326. The number of carbonyl (C=O) groups is 1. The van der Waals surface area contributed by atoms with Gasteiger partial charge in [-0.15, -0.1) is 11.8 Å². The summed E-state index contributed by atoms with van der Waals surface area (Å²) in [6.45, 7) is 1.83. The molecule has 0 aromatic rings. The summed E-state index contributed by atoms with van der Waals surface area (Å²) < 4.78 is 0. The van der Waals surface area contributed by atoms with Crippen LogP contribution in [0, 0.1) is 17.8 Å². The first-order valence-electron chi connectivity index (χ1n) is 6.36. The van der Waals surface area contributed by atoms with E-state index in [2.05, 4.69) is 23.8 Å². The summed E-state index contributed by atoms with van der Waals surface area (Å²) in [6.07, 6.45) is 6.17. The number of nitrogens with zero attached hydrogens (tertiary/aromatic N) is 1. The van der Waals surface area contributed by atoms with Gasteiger partial charge >= 0.3 is 0 Å². The maximum atomic E-state index is 12.0. The van der Waals surface area contributed by atoms with E-state index in [4.69, 9.17) is 0 Å². The summed E-state index contributed by atoms with van der Waals surface area (Å²) in [6, 6.07) is 1.34.